The minimum Gasteiger partial charge on any atom is -0.293 e. The van der Waals surface area contributed by atoms with Crippen LogP contribution in [0.2, 0.25) is 5.02 Å². The molecule has 0 atom stereocenters. The van der Waals surface area contributed by atoms with Gasteiger partial charge in [-0.05, 0) is 18.2 Å². The fraction of sp³-hybridized carbons (Fsp3) is 0.0714. The number of halogens is 1. The maximum atomic E-state index is 11.7. The Kier molecular flexibility index (Phi) is 3.45. The fourth-order valence-electron chi connectivity index (χ4n) is 1.95. The standard InChI is InChI=1S/C14H11ClN4O2/c15-12-9-18(14(21)16-13(12)20)8-10-6-7-19(17-10)11-4-2-1-3-5-11/h1-7,9H,8H2,(H,16,20,21). The Morgan fingerprint density at radius 3 is 2.67 bits per heavy atom. The Labute approximate surface area is 124 Å². The van der Waals surface area contributed by atoms with Gasteiger partial charge in [0.05, 0.1) is 17.9 Å². The molecule has 2 heterocycles. The number of rotatable bonds is 3. The molecular weight excluding hydrogens is 292 g/mol. The van der Waals surface area contributed by atoms with Crippen molar-refractivity contribution in [1.29, 1.82) is 0 Å². The lowest BCUT2D eigenvalue weighted by atomic mass is 10.3. The first-order chi connectivity index (χ1) is 10.1. The molecule has 21 heavy (non-hydrogen) atoms. The number of nitrogens with zero attached hydrogens (tertiary/aromatic N) is 3. The summed E-state index contributed by atoms with van der Waals surface area (Å²) >= 11 is 5.72. The molecule has 0 radical (unpaired) electrons. The summed E-state index contributed by atoms with van der Waals surface area (Å²) in [5.41, 5.74) is 0.506. The lowest BCUT2D eigenvalue weighted by Crippen LogP contribution is -2.30. The molecule has 0 aliphatic carbocycles. The molecule has 0 fully saturated rings. The van der Waals surface area contributed by atoms with Crippen LogP contribution in [0, 0.1) is 0 Å². The molecule has 106 valence electrons. The second-order valence-electron chi connectivity index (χ2n) is 4.45. The molecule has 0 aliphatic rings. The first-order valence-electron chi connectivity index (χ1n) is 6.23. The zero-order valence-electron chi connectivity index (χ0n) is 10.9. The lowest BCUT2D eigenvalue weighted by Gasteiger charge is -2.03. The Morgan fingerprint density at radius 2 is 1.90 bits per heavy atom. The number of nitrogens with one attached hydrogen (secondary N) is 1. The summed E-state index contributed by atoms with van der Waals surface area (Å²) < 4.78 is 3.02. The third-order valence-electron chi connectivity index (χ3n) is 2.96. The smallest absolute Gasteiger partial charge is 0.293 e. The number of aromatic nitrogens is 4. The van der Waals surface area contributed by atoms with Gasteiger partial charge in [0.1, 0.15) is 5.02 Å². The van der Waals surface area contributed by atoms with Gasteiger partial charge in [-0.2, -0.15) is 5.10 Å². The molecule has 0 unspecified atom stereocenters. The predicted octanol–water partition coefficient (Wildman–Crippen LogP) is 1.42. The van der Waals surface area contributed by atoms with Crippen molar-refractivity contribution in [2.24, 2.45) is 0 Å². The van der Waals surface area contributed by atoms with E-state index in [0.29, 0.717) is 5.69 Å². The number of para-hydroxylation sites is 1. The third-order valence-corrected chi connectivity index (χ3v) is 3.23. The highest BCUT2D eigenvalue weighted by Gasteiger charge is 2.06. The molecule has 6 nitrogen and oxygen atoms in total. The van der Waals surface area contributed by atoms with Gasteiger partial charge in [0.15, 0.2) is 0 Å². The summed E-state index contributed by atoms with van der Waals surface area (Å²) in [4.78, 5) is 25.1. The summed E-state index contributed by atoms with van der Waals surface area (Å²) in [5, 5.41) is 4.36. The topological polar surface area (TPSA) is 72.7 Å². The van der Waals surface area contributed by atoms with Crippen molar-refractivity contribution >= 4 is 11.6 Å². The van der Waals surface area contributed by atoms with Gasteiger partial charge in [-0.1, -0.05) is 29.8 Å². The van der Waals surface area contributed by atoms with Gasteiger partial charge in [0, 0.05) is 12.4 Å². The molecule has 3 rings (SSSR count). The fourth-order valence-corrected chi connectivity index (χ4v) is 2.11. The van der Waals surface area contributed by atoms with Gasteiger partial charge in [-0.15, -0.1) is 0 Å². The Morgan fingerprint density at radius 1 is 1.14 bits per heavy atom. The van der Waals surface area contributed by atoms with Crippen molar-refractivity contribution < 1.29 is 0 Å². The quantitative estimate of drug-likeness (QED) is 0.795. The normalized spacial score (nSPS) is 10.7. The van der Waals surface area contributed by atoms with Crippen LogP contribution in [-0.2, 0) is 6.54 Å². The van der Waals surface area contributed by atoms with E-state index in [1.165, 1.54) is 10.8 Å². The highest BCUT2D eigenvalue weighted by Crippen LogP contribution is 2.07. The first kappa shape index (κ1) is 13.4. The molecule has 3 aromatic rings. The molecule has 0 bridgehead atoms. The van der Waals surface area contributed by atoms with E-state index in [0.717, 1.165) is 5.69 Å². The Balaban J connectivity index is 1.90. The van der Waals surface area contributed by atoms with Crippen LogP contribution in [0.3, 0.4) is 0 Å². The van der Waals surface area contributed by atoms with Crippen molar-refractivity contribution in [2.75, 3.05) is 0 Å². The van der Waals surface area contributed by atoms with Gasteiger partial charge in [0.25, 0.3) is 5.56 Å². The van der Waals surface area contributed by atoms with Crippen LogP contribution in [0.5, 0.6) is 0 Å². The van der Waals surface area contributed by atoms with Crippen LogP contribution in [-0.4, -0.2) is 19.3 Å². The van der Waals surface area contributed by atoms with Gasteiger partial charge < -0.3 is 0 Å². The van der Waals surface area contributed by atoms with Crippen LogP contribution in [0.1, 0.15) is 5.69 Å². The first-order valence-corrected chi connectivity index (χ1v) is 6.60. The molecule has 2 aromatic heterocycles. The zero-order valence-corrected chi connectivity index (χ0v) is 11.6. The predicted molar refractivity (Wildman–Crippen MR) is 79.0 cm³/mol. The lowest BCUT2D eigenvalue weighted by molar-refractivity contribution is 0.692. The minimum absolute atomic E-state index is 0.0305. The maximum Gasteiger partial charge on any atom is 0.328 e. The second kappa shape index (κ2) is 5.41. The minimum atomic E-state index is -0.590. The number of hydrogen-bond acceptors (Lipinski definition) is 3. The van der Waals surface area contributed by atoms with Crippen molar-refractivity contribution in [3.05, 3.63) is 80.3 Å². The second-order valence-corrected chi connectivity index (χ2v) is 4.86. The zero-order chi connectivity index (χ0) is 14.8. The largest absolute Gasteiger partial charge is 0.328 e. The molecule has 0 saturated heterocycles. The van der Waals surface area contributed by atoms with Crippen molar-refractivity contribution in [1.82, 2.24) is 19.3 Å². The van der Waals surface area contributed by atoms with Crippen molar-refractivity contribution in [3.63, 3.8) is 0 Å². The van der Waals surface area contributed by atoms with Crippen LogP contribution in [0.4, 0.5) is 0 Å². The van der Waals surface area contributed by atoms with E-state index in [4.69, 9.17) is 11.6 Å². The van der Waals surface area contributed by atoms with E-state index in [1.807, 2.05) is 36.5 Å². The van der Waals surface area contributed by atoms with Gasteiger partial charge in [0.2, 0.25) is 0 Å². The number of aromatic amines is 1. The average Bonchev–Trinajstić information content (AvgIpc) is 2.94. The van der Waals surface area contributed by atoms with Crippen LogP contribution in [0.15, 0.2) is 58.4 Å². The Bertz CT molecular complexity index is 880. The summed E-state index contributed by atoms with van der Waals surface area (Å²) in [6.45, 7) is 0.231. The van der Waals surface area contributed by atoms with Crippen molar-refractivity contribution in [3.8, 4) is 5.69 Å². The van der Waals surface area contributed by atoms with Crippen LogP contribution < -0.4 is 11.2 Å². The number of benzene rings is 1. The van der Waals surface area contributed by atoms with Crippen molar-refractivity contribution in [2.45, 2.75) is 6.54 Å². The summed E-state index contributed by atoms with van der Waals surface area (Å²) in [6, 6.07) is 11.4. The molecule has 0 saturated carbocycles. The van der Waals surface area contributed by atoms with Crippen LogP contribution >= 0.6 is 11.6 Å². The third kappa shape index (κ3) is 2.80. The average molecular weight is 303 g/mol. The Hall–Kier alpha value is -2.60. The van der Waals surface area contributed by atoms with E-state index >= 15 is 0 Å². The highest BCUT2D eigenvalue weighted by molar-refractivity contribution is 6.30. The van der Waals surface area contributed by atoms with E-state index in [1.54, 1.807) is 10.7 Å². The van der Waals surface area contributed by atoms with Gasteiger partial charge in [-0.3, -0.25) is 14.3 Å². The SMILES string of the molecule is O=c1[nH]c(=O)n(Cc2ccn(-c3ccccc3)n2)cc1Cl. The highest BCUT2D eigenvalue weighted by atomic mass is 35.5. The van der Waals surface area contributed by atoms with Gasteiger partial charge >= 0.3 is 5.69 Å². The number of hydrogen-bond donors (Lipinski definition) is 1. The summed E-state index contributed by atoms with van der Waals surface area (Å²) in [7, 11) is 0. The van der Waals surface area contributed by atoms with Crippen LogP contribution in [0.25, 0.3) is 5.69 Å². The summed E-state index contributed by atoms with van der Waals surface area (Å²) in [6.07, 6.45) is 3.12. The molecule has 0 amide bonds. The molecule has 1 N–H and O–H groups in total. The molecule has 7 heteroatoms. The van der Waals surface area contributed by atoms with E-state index in [2.05, 4.69) is 10.1 Å². The number of H-pyrrole nitrogens is 1. The van der Waals surface area contributed by atoms with E-state index < -0.39 is 11.2 Å². The maximum absolute atomic E-state index is 11.7. The molecule has 0 spiro atoms. The molecular formula is C14H11ClN4O2. The van der Waals surface area contributed by atoms with Gasteiger partial charge in [-0.25, -0.2) is 9.48 Å². The van der Waals surface area contributed by atoms with E-state index in [-0.39, 0.29) is 11.6 Å². The molecule has 1 aromatic carbocycles. The summed E-state index contributed by atoms with van der Waals surface area (Å²) in [5.74, 6) is 0. The monoisotopic (exact) mass is 302 g/mol. The van der Waals surface area contributed by atoms with E-state index in [9.17, 15) is 9.59 Å². The molecule has 0 aliphatic heterocycles.